The highest BCUT2D eigenvalue weighted by Crippen LogP contribution is 2.28. The maximum atomic E-state index is 9.27. The molecule has 0 amide bonds. The SMILES string of the molecule is CCC(NC(C)(C)CO)C1CCCCC1. The smallest absolute Gasteiger partial charge is 0.0607 e. The van der Waals surface area contributed by atoms with Crippen LogP contribution in [-0.2, 0) is 0 Å². The van der Waals surface area contributed by atoms with Gasteiger partial charge < -0.3 is 10.4 Å². The van der Waals surface area contributed by atoms with Crippen molar-refractivity contribution in [2.75, 3.05) is 6.61 Å². The van der Waals surface area contributed by atoms with Crippen LogP contribution in [0, 0.1) is 5.92 Å². The van der Waals surface area contributed by atoms with Gasteiger partial charge in [-0.15, -0.1) is 0 Å². The van der Waals surface area contributed by atoms with Crippen LogP contribution in [0.25, 0.3) is 0 Å². The first-order valence-corrected chi connectivity index (χ1v) is 6.47. The van der Waals surface area contributed by atoms with Crippen molar-refractivity contribution in [3.63, 3.8) is 0 Å². The van der Waals surface area contributed by atoms with E-state index in [4.69, 9.17) is 0 Å². The van der Waals surface area contributed by atoms with Crippen molar-refractivity contribution in [3.05, 3.63) is 0 Å². The van der Waals surface area contributed by atoms with Gasteiger partial charge in [0, 0.05) is 11.6 Å². The minimum absolute atomic E-state index is 0.127. The molecule has 1 rings (SSSR count). The van der Waals surface area contributed by atoms with Crippen molar-refractivity contribution < 1.29 is 5.11 Å². The van der Waals surface area contributed by atoms with Crippen LogP contribution in [0.5, 0.6) is 0 Å². The summed E-state index contributed by atoms with van der Waals surface area (Å²) in [6.45, 7) is 6.63. The highest BCUT2D eigenvalue weighted by atomic mass is 16.3. The first-order chi connectivity index (χ1) is 7.09. The summed E-state index contributed by atoms with van der Waals surface area (Å²) in [5, 5.41) is 12.9. The fourth-order valence-corrected chi connectivity index (χ4v) is 2.64. The molecule has 2 nitrogen and oxygen atoms in total. The largest absolute Gasteiger partial charge is 0.394 e. The Morgan fingerprint density at radius 2 is 1.87 bits per heavy atom. The van der Waals surface area contributed by atoms with E-state index in [0.717, 1.165) is 5.92 Å². The lowest BCUT2D eigenvalue weighted by molar-refractivity contribution is 0.146. The summed E-state index contributed by atoms with van der Waals surface area (Å²) in [5.41, 5.74) is -0.127. The monoisotopic (exact) mass is 213 g/mol. The van der Waals surface area contributed by atoms with Gasteiger partial charge in [-0.3, -0.25) is 0 Å². The molecule has 0 saturated heterocycles. The minimum atomic E-state index is -0.127. The Morgan fingerprint density at radius 1 is 1.27 bits per heavy atom. The Bertz CT molecular complexity index is 173. The summed E-state index contributed by atoms with van der Waals surface area (Å²) < 4.78 is 0. The van der Waals surface area contributed by atoms with Gasteiger partial charge in [-0.25, -0.2) is 0 Å². The van der Waals surface area contributed by atoms with E-state index in [-0.39, 0.29) is 12.1 Å². The van der Waals surface area contributed by atoms with Crippen molar-refractivity contribution in [2.45, 2.75) is 70.9 Å². The summed E-state index contributed by atoms with van der Waals surface area (Å²) in [7, 11) is 0. The molecule has 0 spiro atoms. The summed E-state index contributed by atoms with van der Waals surface area (Å²) in [6, 6.07) is 0.590. The zero-order valence-electron chi connectivity index (χ0n) is 10.6. The Balaban J connectivity index is 2.46. The van der Waals surface area contributed by atoms with Crippen molar-refractivity contribution in [2.24, 2.45) is 5.92 Å². The second-order valence-corrected chi connectivity index (χ2v) is 5.60. The average molecular weight is 213 g/mol. The molecule has 2 heteroatoms. The predicted octanol–water partition coefficient (Wildman–Crippen LogP) is 2.71. The molecule has 0 bridgehead atoms. The van der Waals surface area contributed by atoms with Gasteiger partial charge in [0.2, 0.25) is 0 Å². The lowest BCUT2D eigenvalue weighted by atomic mass is 9.82. The third-order valence-corrected chi connectivity index (χ3v) is 3.63. The van der Waals surface area contributed by atoms with Crippen LogP contribution in [0.15, 0.2) is 0 Å². The van der Waals surface area contributed by atoms with Gasteiger partial charge in [-0.1, -0.05) is 26.2 Å². The lowest BCUT2D eigenvalue weighted by Gasteiger charge is -2.36. The van der Waals surface area contributed by atoms with Crippen LogP contribution < -0.4 is 5.32 Å². The van der Waals surface area contributed by atoms with E-state index >= 15 is 0 Å². The standard InChI is InChI=1S/C13H27NO/c1-4-12(14-13(2,3)10-15)11-8-6-5-7-9-11/h11-12,14-15H,4-10H2,1-3H3. The molecule has 0 heterocycles. The molecule has 1 unspecified atom stereocenters. The van der Waals surface area contributed by atoms with E-state index in [2.05, 4.69) is 26.1 Å². The minimum Gasteiger partial charge on any atom is -0.394 e. The molecule has 0 aromatic rings. The summed E-state index contributed by atoms with van der Waals surface area (Å²) in [4.78, 5) is 0. The van der Waals surface area contributed by atoms with Gasteiger partial charge >= 0.3 is 0 Å². The Labute approximate surface area is 94.5 Å². The van der Waals surface area contributed by atoms with E-state index in [1.807, 2.05) is 0 Å². The molecule has 1 saturated carbocycles. The second kappa shape index (κ2) is 5.86. The van der Waals surface area contributed by atoms with Gasteiger partial charge in [0.1, 0.15) is 0 Å². The topological polar surface area (TPSA) is 32.3 Å². The van der Waals surface area contributed by atoms with Gasteiger partial charge in [0.25, 0.3) is 0 Å². The molecule has 0 aliphatic heterocycles. The zero-order chi connectivity index (χ0) is 11.3. The van der Waals surface area contributed by atoms with Gasteiger partial charge in [-0.05, 0) is 39.0 Å². The third-order valence-electron chi connectivity index (χ3n) is 3.63. The molecule has 0 aromatic heterocycles. The van der Waals surface area contributed by atoms with Crippen molar-refractivity contribution in [1.29, 1.82) is 0 Å². The Morgan fingerprint density at radius 3 is 2.33 bits per heavy atom. The molecule has 90 valence electrons. The number of hydrogen-bond acceptors (Lipinski definition) is 2. The fourth-order valence-electron chi connectivity index (χ4n) is 2.64. The number of rotatable bonds is 5. The molecule has 1 aliphatic rings. The van der Waals surface area contributed by atoms with Crippen molar-refractivity contribution in [1.82, 2.24) is 5.32 Å². The van der Waals surface area contributed by atoms with E-state index in [0.29, 0.717) is 6.04 Å². The Kier molecular flexibility index (Phi) is 5.07. The van der Waals surface area contributed by atoms with Crippen LogP contribution in [-0.4, -0.2) is 23.3 Å². The molecule has 1 atom stereocenters. The molecular weight excluding hydrogens is 186 g/mol. The van der Waals surface area contributed by atoms with Crippen LogP contribution >= 0.6 is 0 Å². The molecule has 2 N–H and O–H groups in total. The third kappa shape index (κ3) is 4.12. The van der Waals surface area contributed by atoms with Gasteiger partial charge in [0.15, 0.2) is 0 Å². The fraction of sp³-hybridized carbons (Fsp3) is 1.00. The lowest BCUT2D eigenvalue weighted by Crippen LogP contribution is -2.51. The van der Waals surface area contributed by atoms with Crippen molar-refractivity contribution >= 4 is 0 Å². The molecule has 1 fully saturated rings. The Hall–Kier alpha value is -0.0800. The molecule has 0 radical (unpaired) electrons. The summed E-state index contributed by atoms with van der Waals surface area (Å²) >= 11 is 0. The number of aliphatic hydroxyl groups is 1. The quantitative estimate of drug-likeness (QED) is 0.736. The average Bonchev–Trinajstić information content (AvgIpc) is 2.27. The summed E-state index contributed by atoms with van der Waals surface area (Å²) in [5.74, 6) is 0.828. The normalized spacial score (nSPS) is 21.6. The van der Waals surface area contributed by atoms with Gasteiger partial charge in [-0.2, -0.15) is 0 Å². The first kappa shape index (κ1) is 13.0. The zero-order valence-corrected chi connectivity index (χ0v) is 10.6. The van der Waals surface area contributed by atoms with Crippen molar-refractivity contribution in [3.8, 4) is 0 Å². The number of aliphatic hydroxyl groups excluding tert-OH is 1. The van der Waals surface area contributed by atoms with Crippen LogP contribution in [0.3, 0.4) is 0 Å². The molecular formula is C13H27NO. The van der Waals surface area contributed by atoms with E-state index < -0.39 is 0 Å². The molecule has 0 aromatic carbocycles. The maximum absolute atomic E-state index is 9.27. The molecule has 15 heavy (non-hydrogen) atoms. The maximum Gasteiger partial charge on any atom is 0.0607 e. The highest BCUT2D eigenvalue weighted by Gasteiger charge is 2.27. The molecule has 1 aliphatic carbocycles. The van der Waals surface area contributed by atoms with Crippen LogP contribution in [0.2, 0.25) is 0 Å². The highest BCUT2D eigenvalue weighted by molar-refractivity contribution is 4.86. The predicted molar refractivity (Wildman–Crippen MR) is 65.0 cm³/mol. The summed E-state index contributed by atoms with van der Waals surface area (Å²) in [6.07, 6.45) is 8.11. The number of nitrogens with one attached hydrogen (secondary N) is 1. The van der Waals surface area contributed by atoms with E-state index in [1.165, 1.54) is 38.5 Å². The first-order valence-electron chi connectivity index (χ1n) is 6.47. The van der Waals surface area contributed by atoms with E-state index in [1.54, 1.807) is 0 Å². The van der Waals surface area contributed by atoms with Gasteiger partial charge in [0.05, 0.1) is 6.61 Å². The number of hydrogen-bond donors (Lipinski definition) is 2. The van der Waals surface area contributed by atoms with E-state index in [9.17, 15) is 5.11 Å². The van der Waals surface area contributed by atoms with Crippen LogP contribution in [0.1, 0.15) is 59.3 Å². The second-order valence-electron chi connectivity index (χ2n) is 5.60. The van der Waals surface area contributed by atoms with Crippen LogP contribution in [0.4, 0.5) is 0 Å².